The van der Waals surface area contributed by atoms with Crippen LogP contribution in [0.1, 0.15) is 11.1 Å². The van der Waals surface area contributed by atoms with Crippen molar-refractivity contribution in [1.82, 2.24) is 0 Å². The molecule has 11 heteroatoms. The Labute approximate surface area is 194 Å². The molecule has 0 aliphatic carbocycles. The first-order valence-electron chi connectivity index (χ1n) is 10.3. The van der Waals surface area contributed by atoms with Crippen LogP contribution >= 0.6 is 0 Å². The maximum atomic E-state index is 12.2. The number of carbonyl (C=O) groups excluding carboxylic acids is 1. The van der Waals surface area contributed by atoms with Crippen LogP contribution in [-0.4, -0.2) is 85.6 Å². The van der Waals surface area contributed by atoms with Crippen molar-refractivity contribution in [1.29, 1.82) is 0 Å². The van der Waals surface area contributed by atoms with Gasteiger partial charge >= 0.3 is 5.97 Å². The first kappa shape index (κ1) is 25.3. The predicted molar refractivity (Wildman–Crippen MR) is 116 cm³/mol. The van der Waals surface area contributed by atoms with Gasteiger partial charge in [-0.2, -0.15) is 0 Å². The molecule has 0 amide bonds. The van der Waals surface area contributed by atoms with Crippen molar-refractivity contribution in [2.45, 2.75) is 37.1 Å². The average molecular weight is 478 g/mol. The minimum absolute atomic E-state index is 0.0173. The molecule has 0 aromatic heterocycles. The Kier molecular flexibility index (Phi) is 8.31. The smallest absolute Gasteiger partial charge is 0.331 e. The number of phenolic OH excluding ortho intramolecular Hbond substituents is 4. The van der Waals surface area contributed by atoms with Crippen molar-refractivity contribution >= 4 is 12.0 Å². The quantitative estimate of drug-likeness (QED) is 0.155. The molecule has 2 unspecified atom stereocenters. The summed E-state index contributed by atoms with van der Waals surface area (Å²) in [5, 5.41) is 68.1. The van der Waals surface area contributed by atoms with E-state index in [0.29, 0.717) is 11.1 Å². The lowest BCUT2D eigenvalue weighted by Gasteiger charge is -2.41. The Morgan fingerprint density at radius 3 is 2.26 bits per heavy atom. The first-order valence-corrected chi connectivity index (χ1v) is 10.3. The van der Waals surface area contributed by atoms with E-state index in [4.69, 9.17) is 14.2 Å². The molecule has 2 aromatic carbocycles. The molecule has 11 nitrogen and oxygen atoms in total. The van der Waals surface area contributed by atoms with Crippen LogP contribution in [0.25, 0.3) is 6.08 Å². The predicted octanol–water partition coefficient (Wildman–Crippen LogP) is 0.132. The Morgan fingerprint density at radius 1 is 0.941 bits per heavy atom. The molecule has 1 saturated heterocycles. The number of hydrogen-bond acceptors (Lipinski definition) is 11. The topological polar surface area (TPSA) is 186 Å². The van der Waals surface area contributed by atoms with E-state index in [-0.39, 0.29) is 36.0 Å². The number of ether oxygens (including phenoxy) is 3. The second-order valence-corrected chi connectivity index (χ2v) is 7.63. The monoisotopic (exact) mass is 478 g/mol. The lowest BCUT2D eigenvalue weighted by molar-refractivity contribution is -0.302. The van der Waals surface area contributed by atoms with E-state index < -0.39 is 43.3 Å². The molecular formula is C23H26O11. The maximum absolute atomic E-state index is 12.2. The minimum atomic E-state index is -1.62. The number of carbonyl (C=O) groups is 1. The number of aliphatic hydroxyl groups is 3. The second-order valence-electron chi connectivity index (χ2n) is 7.63. The second kappa shape index (κ2) is 11.2. The van der Waals surface area contributed by atoms with E-state index in [1.807, 2.05) is 0 Å². The van der Waals surface area contributed by atoms with Crippen molar-refractivity contribution in [3.05, 3.63) is 53.6 Å². The summed E-state index contributed by atoms with van der Waals surface area (Å²) in [6.45, 7) is -0.619. The Balaban J connectivity index is 1.56. The molecule has 0 spiro atoms. The normalized spacial score (nSPS) is 24.9. The minimum Gasteiger partial charge on any atom is -0.504 e. The Bertz CT molecular complexity index is 1020. The summed E-state index contributed by atoms with van der Waals surface area (Å²) in [6, 6.07) is 8.15. The standard InChI is InChI=1S/C23H26O11/c24-11-18-22(34-19(29)6-3-12-1-4-14(25)16(27)9-12)20(30)21(31)23(33-18)32-8-7-13-2-5-15(26)17(28)10-13/h1-6,9-10,18,20-28,30-31H,7-8,11H2/t18?,20?,21-,22+,23+/m0/s1. The van der Waals surface area contributed by atoms with Crippen molar-refractivity contribution in [3.8, 4) is 23.0 Å². The third kappa shape index (κ3) is 6.16. The zero-order chi connectivity index (χ0) is 24.8. The van der Waals surface area contributed by atoms with Gasteiger partial charge in [-0.15, -0.1) is 0 Å². The molecule has 3 rings (SSSR count). The van der Waals surface area contributed by atoms with Crippen LogP contribution in [0.3, 0.4) is 0 Å². The molecule has 0 saturated carbocycles. The summed E-state index contributed by atoms with van der Waals surface area (Å²) >= 11 is 0. The molecule has 184 valence electrons. The molecular weight excluding hydrogens is 452 g/mol. The number of phenols is 4. The molecule has 1 fully saturated rings. The van der Waals surface area contributed by atoms with E-state index in [2.05, 4.69) is 0 Å². The summed E-state index contributed by atoms with van der Waals surface area (Å²) in [7, 11) is 0. The van der Waals surface area contributed by atoms with Crippen molar-refractivity contribution in [2.75, 3.05) is 13.2 Å². The molecule has 1 aliphatic heterocycles. The third-order valence-electron chi connectivity index (χ3n) is 5.20. The van der Waals surface area contributed by atoms with Gasteiger partial charge in [0.25, 0.3) is 0 Å². The number of aromatic hydroxyl groups is 4. The highest BCUT2D eigenvalue weighted by atomic mass is 16.7. The molecule has 1 heterocycles. The van der Waals surface area contributed by atoms with Gasteiger partial charge in [0.2, 0.25) is 0 Å². The number of aliphatic hydroxyl groups excluding tert-OH is 3. The number of benzene rings is 2. The lowest BCUT2D eigenvalue weighted by atomic mass is 9.99. The van der Waals surface area contributed by atoms with Crippen LogP contribution in [0.15, 0.2) is 42.5 Å². The summed E-state index contributed by atoms with van der Waals surface area (Å²) < 4.78 is 16.1. The van der Waals surface area contributed by atoms with Gasteiger partial charge in [0, 0.05) is 6.08 Å². The molecule has 5 atom stereocenters. The van der Waals surface area contributed by atoms with Crippen LogP contribution in [0, 0.1) is 0 Å². The van der Waals surface area contributed by atoms with Crippen LogP contribution in [0.4, 0.5) is 0 Å². The maximum Gasteiger partial charge on any atom is 0.331 e. The van der Waals surface area contributed by atoms with E-state index in [1.54, 1.807) is 6.07 Å². The van der Waals surface area contributed by atoms with E-state index >= 15 is 0 Å². The van der Waals surface area contributed by atoms with Crippen molar-refractivity contribution in [3.63, 3.8) is 0 Å². The molecule has 34 heavy (non-hydrogen) atoms. The SMILES string of the molecule is O=C(C=Cc1ccc(O)c(O)c1)O[C@@H]1C(CO)O[C@@H](OCCc2ccc(O)c(O)c2)[C@@H](O)C1O. The van der Waals surface area contributed by atoms with Gasteiger partial charge in [-0.05, 0) is 47.9 Å². The highest BCUT2D eigenvalue weighted by Crippen LogP contribution is 2.28. The zero-order valence-corrected chi connectivity index (χ0v) is 17.9. The summed E-state index contributed by atoms with van der Waals surface area (Å²) in [5.41, 5.74) is 1.03. The van der Waals surface area contributed by atoms with Gasteiger partial charge in [0.1, 0.15) is 18.3 Å². The fraction of sp³-hybridized carbons (Fsp3) is 0.348. The Morgan fingerprint density at radius 2 is 1.62 bits per heavy atom. The van der Waals surface area contributed by atoms with E-state index in [1.165, 1.54) is 36.4 Å². The van der Waals surface area contributed by atoms with Crippen LogP contribution < -0.4 is 0 Å². The van der Waals surface area contributed by atoms with E-state index in [9.17, 15) is 40.5 Å². The van der Waals surface area contributed by atoms with Crippen LogP contribution in [-0.2, 0) is 25.4 Å². The highest BCUT2D eigenvalue weighted by Gasteiger charge is 2.46. The highest BCUT2D eigenvalue weighted by molar-refractivity contribution is 5.87. The summed E-state index contributed by atoms with van der Waals surface area (Å²) in [4.78, 5) is 12.2. The van der Waals surface area contributed by atoms with Crippen molar-refractivity contribution in [2.24, 2.45) is 0 Å². The molecule has 1 aliphatic rings. The average Bonchev–Trinajstić information content (AvgIpc) is 2.81. The molecule has 7 N–H and O–H groups in total. The zero-order valence-electron chi connectivity index (χ0n) is 17.9. The number of hydrogen-bond donors (Lipinski definition) is 7. The van der Waals surface area contributed by atoms with Gasteiger partial charge in [-0.3, -0.25) is 0 Å². The van der Waals surface area contributed by atoms with E-state index in [0.717, 1.165) is 6.08 Å². The Hall–Kier alpha value is -3.35. The van der Waals surface area contributed by atoms with Crippen LogP contribution in [0.5, 0.6) is 23.0 Å². The first-order chi connectivity index (χ1) is 16.2. The summed E-state index contributed by atoms with van der Waals surface area (Å²) in [6.07, 6.45) is -4.50. The summed E-state index contributed by atoms with van der Waals surface area (Å²) in [5.74, 6) is -2.15. The molecule has 0 radical (unpaired) electrons. The van der Waals surface area contributed by atoms with Crippen molar-refractivity contribution < 1.29 is 54.8 Å². The number of esters is 1. The largest absolute Gasteiger partial charge is 0.504 e. The van der Waals surface area contributed by atoms with Gasteiger partial charge in [0.05, 0.1) is 13.2 Å². The van der Waals surface area contributed by atoms with Gasteiger partial charge in [-0.25, -0.2) is 4.79 Å². The fourth-order valence-corrected chi connectivity index (χ4v) is 3.34. The lowest BCUT2D eigenvalue weighted by Crippen LogP contribution is -2.60. The van der Waals surface area contributed by atoms with Gasteiger partial charge in [0.15, 0.2) is 35.4 Å². The molecule has 0 bridgehead atoms. The number of rotatable bonds is 8. The molecule has 2 aromatic rings. The van der Waals surface area contributed by atoms with Gasteiger partial charge < -0.3 is 50.0 Å². The fourth-order valence-electron chi connectivity index (χ4n) is 3.34. The third-order valence-corrected chi connectivity index (χ3v) is 5.20. The van der Waals surface area contributed by atoms with Gasteiger partial charge in [-0.1, -0.05) is 12.1 Å². The van der Waals surface area contributed by atoms with Crippen LogP contribution in [0.2, 0.25) is 0 Å².